The van der Waals surface area contributed by atoms with Crippen LogP contribution in [0.3, 0.4) is 0 Å². The molecular weight excluding hydrogens is 402 g/mol. The largest absolute Gasteiger partial charge is 0.493 e. The number of aliphatic hydroxyl groups is 1. The van der Waals surface area contributed by atoms with Crippen LogP contribution in [-0.2, 0) is 19.3 Å². The van der Waals surface area contributed by atoms with Crippen LogP contribution in [0.1, 0.15) is 39.2 Å². The Morgan fingerprint density at radius 3 is 2.71 bits per heavy atom. The zero-order valence-corrected chi connectivity index (χ0v) is 18.9. The van der Waals surface area contributed by atoms with Crippen molar-refractivity contribution in [1.82, 2.24) is 4.98 Å². The standard InChI is InChI=1S/C27H27NO2S/c1-17-22(12-13-29)25(21-10-11-24-20(16-21)9-6-14-30-24)27-26(28-17)23(18(2)31-27)15-19-7-4-3-5-8-19/h3-5,7-8,10-11,16,29H,6,9,12-15H2,1-2H3. The van der Waals surface area contributed by atoms with Crippen molar-refractivity contribution in [1.29, 1.82) is 0 Å². The molecule has 0 saturated carbocycles. The first-order valence-corrected chi connectivity index (χ1v) is 11.8. The number of pyridine rings is 1. The first-order valence-electron chi connectivity index (χ1n) is 11.0. The van der Waals surface area contributed by atoms with Crippen molar-refractivity contribution in [3.63, 3.8) is 0 Å². The van der Waals surface area contributed by atoms with E-state index in [0.717, 1.165) is 48.4 Å². The van der Waals surface area contributed by atoms with E-state index in [2.05, 4.69) is 62.4 Å². The zero-order valence-electron chi connectivity index (χ0n) is 18.1. The summed E-state index contributed by atoms with van der Waals surface area (Å²) in [6, 6.07) is 17.2. The SMILES string of the molecule is Cc1nc2c(Cc3ccccc3)c(C)sc2c(-c2ccc3c(c2)CCCO3)c1CCO. The van der Waals surface area contributed by atoms with E-state index in [1.165, 1.54) is 37.4 Å². The minimum Gasteiger partial charge on any atom is -0.493 e. The molecule has 4 heteroatoms. The summed E-state index contributed by atoms with van der Waals surface area (Å²) in [5, 5.41) is 9.79. The lowest BCUT2D eigenvalue weighted by Crippen LogP contribution is -2.08. The van der Waals surface area contributed by atoms with Crippen LogP contribution < -0.4 is 4.74 Å². The molecule has 31 heavy (non-hydrogen) atoms. The molecule has 0 atom stereocenters. The van der Waals surface area contributed by atoms with E-state index in [4.69, 9.17) is 9.72 Å². The molecule has 158 valence electrons. The predicted molar refractivity (Wildman–Crippen MR) is 128 cm³/mol. The lowest BCUT2D eigenvalue weighted by atomic mass is 9.92. The molecule has 0 aliphatic carbocycles. The van der Waals surface area contributed by atoms with Gasteiger partial charge in [-0.1, -0.05) is 36.4 Å². The summed E-state index contributed by atoms with van der Waals surface area (Å²) in [7, 11) is 0. The topological polar surface area (TPSA) is 42.4 Å². The molecule has 3 nitrogen and oxygen atoms in total. The van der Waals surface area contributed by atoms with Crippen LogP contribution in [0.15, 0.2) is 48.5 Å². The molecule has 0 bridgehead atoms. The highest BCUT2D eigenvalue weighted by Gasteiger charge is 2.21. The van der Waals surface area contributed by atoms with E-state index in [1.807, 2.05) is 11.3 Å². The molecule has 0 fully saturated rings. The molecule has 4 aromatic rings. The molecule has 5 rings (SSSR count). The zero-order chi connectivity index (χ0) is 21.4. The number of benzene rings is 2. The van der Waals surface area contributed by atoms with Crippen molar-refractivity contribution in [2.45, 2.75) is 39.5 Å². The summed E-state index contributed by atoms with van der Waals surface area (Å²) in [6.45, 7) is 5.20. The van der Waals surface area contributed by atoms with Crippen molar-refractivity contribution < 1.29 is 9.84 Å². The Labute approximate surface area is 187 Å². The van der Waals surface area contributed by atoms with Crippen LogP contribution in [0, 0.1) is 13.8 Å². The third-order valence-electron chi connectivity index (χ3n) is 6.21. The molecule has 1 N–H and O–H groups in total. The maximum absolute atomic E-state index is 9.79. The molecule has 0 radical (unpaired) electrons. The van der Waals surface area contributed by atoms with E-state index in [9.17, 15) is 5.11 Å². The molecule has 3 heterocycles. The third-order valence-corrected chi connectivity index (χ3v) is 7.36. The molecule has 2 aromatic carbocycles. The number of ether oxygens (including phenoxy) is 1. The fourth-order valence-electron chi connectivity index (χ4n) is 4.65. The summed E-state index contributed by atoms with van der Waals surface area (Å²) < 4.78 is 7.07. The van der Waals surface area contributed by atoms with Crippen LogP contribution in [0.4, 0.5) is 0 Å². The van der Waals surface area contributed by atoms with Gasteiger partial charge in [-0.3, -0.25) is 4.98 Å². The van der Waals surface area contributed by atoms with Gasteiger partial charge in [-0.15, -0.1) is 11.3 Å². The first-order chi connectivity index (χ1) is 15.2. The number of fused-ring (bicyclic) bond motifs is 2. The second-order valence-electron chi connectivity index (χ2n) is 8.28. The minimum atomic E-state index is 0.121. The molecule has 0 saturated heterocycles. The normalized spacial score (nSPS) is 13.3. The van der Waals surface area contributed by atoms with Crippen LogP contribution in [0.2, 0.25) is 0 Å². The van der Waals surface area contributed by atoms with Crippen LogP contribution in [0.25, 0.3) is 21.3 Å². The summed E-state index contributed by atoms with van der Waals surface area (Å²) in [5.41, 5.74) is 9.60. The average molecular weight is 430 g/mol. The van der Waals surface area contributed by atoms with Crippen molar-refractivity contribution in [3.8, 4) is 16.9 Å². The van der Waals surface area contributed by atoms with E-state index >= 15 is 0 Å². The van der Waals surface area contributed by atoms with Crippen molar-refractivity contribution in [2.24, 2.45) is 0 Å². The van der Waals surface area contributed by atoms with Gasteiger partial charge in [0.1, 0.15) is 5.75 Å². The second-order valence-corrected chi connectivity index (χ2v) is 9.50. The lowest BCUT2D eigenvalue weighted by Gasteiger charge is -2.19. The van der Waals surface area contributed by atoms with Gasteiger partial charge < -0.3 is 9.84 Å². The highest BCUT2D eigenvalue weighted by atomic mass is 32.1. The van der Waals surface area contributed by atoms with Crippen molar-refractivity contribution >= 4 is 21.6 Å². The Hall–Kier alpha value is -2.69. The molecule has 0 spiro atoms. The highest BCUT2D eigenvalue weighted by Crippen LogP contribution is 2.42. The Kier molecular flexibility index (Phi) is 5.51. The third kappa shape index (κ3) is 3.75. The number of thiophene rings is 1. The van der Waals surface area contributed by atoms with E-state index in [0.29, 0.717) is 6.42 Å². The van der Waals surface area contributed by atoms with Gasteiger partial charge in [0.25, 0.3) is 0 Å². The maximum Gasteiger partial charge on any atom is 0.122 e. The summed E-state index contributed by atoms with van der Waals surface area (Å²) >= 11 is 1.83. The van der Waals surface area contributed by atoms with Gasteiger partial charge in [0.05, 0.1) is 16.8 Å². The van der Waals surface area contributed by atoms with Gasteiger partial charge in [0.15, 0.2) is 0 Å². The maximum atomic E-state index is 9.79. The van der Waals surface area contributed by atoms with E-state index < -0.39 is 0 Å². The summed E-state index contributed by atoms with van der Waals surface area (Å²) in [4.78, 5) is 6.37. The average Bonchev–Trinajstić information content (AvgIpc) is 3.09. The smallest absolute Gasteiger partial charge is 0.122 e. The Morgan fingerprint density at radius 2 is 1.90 bits per heavy atom. The molecule has 0 amide bonds. The molecule has 2 aromatic heterocycles. The fraction of sp³-hybridized carbons (Fsp3) is 0.296. The van der Waals surface area contributed by atoms with Crippen LogP contribution in [0.5, 0.6) is 5.75 Å². The molecule has 1 aliphatic heterocycles. The predicted octanol–water partition coefficient (Wildman–Crippen LogP) is 6.03. The monoisotopic (exact) mass is 429 g/mol. The van der Waals surface area contributed by atoms with Gasteiger partial charge in [-0.05, 0) is 73.1 Å². The number of aryl methyl sites for hydroxylation is 3. The van der Waals surface area contributed by atoms with Gasteiger partial charge in [0, 0.05) is 29.2 Å². The second kappa shape index (κ2) is 8.45. The van der Waals surface area contributed by atoms with Crippen LogP contribution in [-0.4, -0.2) is 23.3 Å². The minimum absolute atomic E-state index is 0.121. The number of rotatable bonds is 5. The first kappa shape index (κ1) is 20.2. The Balaban J connectivity index is 1.72. The number of aliphatic hydroxyl groups excluding tert-OH is 1. The molecule has 1 aliphatic rings. The van der Waals surface area contributed by atoms with Gasteiger partial charge >= 0.3 is 0 Å². The lowest BCUT2D eigenvalue weighted by molar-refractivity contribution is 0.288. The quantitative estimate of drug-likeness (QED) is 0.421. The highest BCUT2D eigenvalue weighted by molar-refractivity contribution is 7.19. The van der Waals surface area contributed by atoms with Crippen LogP contribution >= 0.6 is 11.3 Å². The molecular formula is C27H27NO2S. The number of nitrogens with zero attached hydrogens (tertiary/aromatic N) is 1. The van der Waals surface area contributed by atoms with E-state index in [1.54, 1.807) is 0 Å². The molecule has 0 unspecified atom stereocenters. The number of hydrogen-bond acceptors (Lipinski definition) is 4. The van der Waals surface area contributed by atoms with Gasteiger partial charge in [-0.2, -0.15) is 0 Å². The van der Waals surface area contributed by atoms with Gasteiger partial charge in [-0.25, -0.2) is 0 Å². The summed E-state index contributed by atoms with van der Waals surface area (Å²) in [6.07, 6.45) is 3.61. The summed E-state index contributed by atoms with van der Waals surface area (Å²) in [5.74, 6) is 1.01. The fourth-order valence-corrected chi connectivity index (χ4v) is 5.86. The number of aromatic nitrogens is 1. The Morgan fingerprint density at radius 1 is 1.06 bits per heavy atom. The van der Waals surface area contributed by atoms with Crippen molar-refractivity contribution in [2.75, 3.05) is 13.2 Å². The number of hydrogen-bond donors (Lipinski definition) is 1. The van der Waals surface area contributed by atoms with Crippen molar-refractivity contribution in [3.05, 3.63) is 81.4 Å². The van der Waals surface area contributed by atoms with E-state index in [-0.39, 0.29) is 6.61 Å². The Bertz CT molecular complexity index is 1240. The van der Waals surface area contributed by atoms with Gasteiger partial charge in [0.2, 0.25) is 0 Å².